The fraction of sp³-hybridized carbons (Fsp3) is 0.891. The molecule has 324 valence electrons. The third kappa shape index (κ3) is 27.9. The minimum absolute atomic E-state index is 0.183. The molecule has 1 aliphatic heterocycles. The number of unbranched alkanes of at least 4 members (excludes halogenated alkanes) is 26. The molecule has 1 rings (SSSR count). The van der Waals surface area contributed by atoms with E-state index in [0.717, 1.165) is 44.9 Å². The zero-order chi connectivity index (χ0) is 40.2. The number of carbonyl (C=O) groups is 1. The van der Waals surface area contributed by atoms with Gasteiger partial charge in [0.15, 0.2) is 6.29 Å². The Labute approximate surface area is 337 Å². The minimum atomic E-state index is -1.56. The highest BCUT2D eigenvalue weighted by atomic mass is 16.7. The lowest BCUT2D eigenvalue weighted by molar-refractivity contribution is -0.302. The summed E-state index contributed by atoms with van der Waals surface area (Å²) >= 11 is 0. The molecular formula is C46H87NO8. The summed E-state index contributed by atoms with van der Waals surface area (Å²) in [6, 6.07) is -0.797. The molecule has 0 aromatic rings. The van der Waals surface area contributed by atoms with E-state index in [0.29, 0.717) is 6.42 Å². The quantitative estimate of drug-likeness (QED) is 0.0268. The number of aliphatic hydroxyl groups excluding tert-OH is 5. The van der Waals surface area contributed by atoms with E-state index < -0.39 is 49.5 Å². The van der Waals surface area contributed by atoms with Crippen LogP contribution in [-0.2, 0) is 14.3 Å². The first-order chi connectivity index (χ1) is 26.8. The summed E-state index contributed by atoms with van der Waals surface area (Å²) < 4.78 is 11.1. The molecule has 1 aliphatic rings. The van der Waals surface area contributed by atoms with E-state index in [2.05, 4.69) is 31.3 Å². The molecule has 0 spiro atoms. The number of nitrogens with one attached hydrogen (secondary N) is 1. The fourth-order valence-corrected chi connectivity index (χ4v) is 7.27. The van der Waals surface area contributed by atoms with Crippen molar-refractivity contribution in [2.45, 2.75) is 249 Å². The third-order valence-electron chi connectivity index (χ3n) is 11.0. The van der Waals surface area contributed by atoms with Gasteiger partial charge in [-0.15, -0.1) is 0 Å². The third-order valence-corrected chi connectivity index (χ3v) is 11.0. The number of allylic oxidation sites excluding steroid dienone is 3. The van der Waals surface area contributed by atoms with E-state index in [1.54, 1.807) is 6.08 Å². The molecule has 1 heterocycles. The van der Waals surface area contributed by atoms with Gasteiger partial charge >= 0.3 is 0 Å². The van der Waals surface area contributed by atoms with Gasteiger partial charge in [0.2, 0.25) is 5.91 Å². The normalized spacial score (nSPS) is 21.5. The molecular weight excluding hydrogens is 695 g/mol. The lowest BCUT2D eigenvalue weighted by Crippen LogP contribution is -2.60. The molecule has 7 unspecified atom stereocenters. The average Bonchev–Trinajstić information content (AvgIpc) is 3.18. The topological polar surface area (TPSA) is 149 Å². The van der Waals surface area contributed by atoms with Crippen LogP contribution < -0.4 is 5.32 Å². The zero-order valence-electron chi connectivity index (χ0n) is 35.4. The number of carbonyl (C=O) groups excluding carboxylic acids is 1. The maximum absolute atomic E-state index is 12.8. The molecule has 0 aromatic carbocycles. The van der Waals surface area contributed by atoms with Gasteiger partial charge in [-0.2, -0.15) is 0 Å². The standard InChI is InChI=1S/C46H87NO8/c1-3-5-7-9-10-11-12-13-14-15-16-17-18-19-20-21-22-23-24-25-26-27-28-29-30-32-34-36-42(50)47-39(40(49)35-33-31-8-6-4-2)38-54-46-45(53)44(52)43(51)41(37-48)55-46/h15-16,33,35,39-41,43-46,48-49,51-53H,3-14,17-32,34,36-38H2,1-2H3,(H,47,50)/b16-15-,35-33+. The first-order valence-electron chi connectivity index (χ1n) is 23.1. The van der Waals surface area contributed by atoms with Crippen LogP contribution in [0.1, 0.15) is 206 Å². The largest absolute Gasteiger partial charge is 0.394 e. The number of hydrogen-bond acceptors (Lipinski definition) is 8. The van der Waals surface area contributed by atoms with Gasteiger partial charge in [0.25, 0.3) is 0 Å². The van der Waals surface area contributed by atoms with Crippen LogP contribution in [0.4, 0.5) is 0 Å². The van der Waals surface area contributed by atoms with E-state index in [1.807, 2.05) is 6.08 Å². The van der Waals surface area contributed by atoms with E-state index in [4.69, 9.17) is 9.47 Å². The van der Waals surface area contributed by atoms with Crippen LogP contribution >= 0.6 is 0 Å². The van der Waals surface area contributed by atoms with Gasteiger partial charge in [0.1, 0.15) is 24.4 Å². The predicted octanol–water partition coefficient (Wildman–Crippen LogP) is 9.50. The van der Waals surface area contributed by atoms with E-state index in [9.17, 15) is 30.3 Å². The van der Waals surface area contributed by atoms with Crippen molar-refractivity contribution in [2.24, 2.45) is 0 Å². The zero-order valence-corrected chi connectivity index (χ0v) is 35.4. The highest BCUT2D eigenvalue weighted by molar-refractivity contribution is 5.76. The van der Waals surface area contributed by atoms with E-state index in [-0.39, 0.29) is 12.5 Å². The number of ether oxygens (including phenoxy) is 2. The molecule has 7 atom stereocenters. The molecule has 1 saturated heterocycles. The summed E-state index contributed by atoms with van der Waals surface area (Å²) in [6.45, 7) is 3.66. The first-order valence-corrected chi connectivity index (χ1v) is 23.1. The second kappa shape index (κ2) is 37.0. The van der Waals surface area contributed by atoms with Crippen LogP contribution in [0.5, 0.6) is 0 Å². The molecule has 1 fully saturated rings. The monoisotopic (exact) mass is 782 g/mol. The van der Waals surface area contributed by atoms with Crippen LogP contribution in [-0.4, -0.2) is 87.5 Å². The molecule has 0 aliphatic carbocycles. The highest BCUT2D eigenvalue weighted by Gasteiger charge is 2.44. The van der Waals surface area contributed by atoms with E-state index in [1.165, 1.54) is 141 Å². The number of amides is 1. The minimum Gasteiger partial charge on any atom is -0.394 e. The average molecular weight is 782 g/mol. The second-order valence-electron chi connectivity index (χ2n) is 16.2. The molecule has 9 nitrogen and oxygen atoms in total. The molecule has 9 heteroatoms. The Morgan fingerprint density at radius 1 is 0.600 bits per heavy atom. The van der Waals surface area contributed by atoms with Crippen LogP contribution in [0, 0.1) is 0 Å². The van der Waals surface area contributed by atoms with Crippen molar-refractivity contribution >= 4 is 5.91 Å². The molecule has 0 bridgehead atoms. The lowest BCUT2D eigenvalue weighted by atomic mass is 9.99. The van der Waals surface area contributed by atoms with Crippen LogP contribution in [0.25, 0.3) is 0 Å². The molecule has 1 amide bonds. The lowest BCUT2D eigenvalue weighted by Gasteiger charge is -2.40. The van der Waals surface area contributed by atoms with Gasteiger partial charge in [0.05, 0.1) is 25.4 Å². The Morgan fingerprint density at radius 3 is 1.51 bits per heavy atom. The SMILES string of the molecule is CCCCC/C=C/C(O)C(COC1OC(CO)C(O)C(O)C1O)NC(=O)CCCCCCCCCCCCCCCCC/C=C\CCCCCCCCCC. The van der Waals surface area contributed by atoms with Crippen molar-refractivity contribution in [3.05, 3.63) is 24.3 Å². The summed E-state index contributed by atoms with van der Waals surface area (Å²) in [5.74, 6) is -0.183. The first kappa shape index (κ1) is 51.7. The van der Waals surface area contributed by atoms with Crippen LogP contribution in [0.15, 0.2) is 24.3 Å². The van der Waals surface area contributed by atoms with Crippen LogP contribution in [0.3, 0.4) is 0 Å². The molecule has 55 heavy (non-hydrogen) atoms. The van der Waals surface area contributed by atoms with Crippen molar-refractivity contribution in [3.63, 3.8) is 0 Å². The Hall–Kier alpha value is -1.33. The van der Waals surface area contributed by atoms with Crippen molar-refractivity contribution in [3.8, 4) is 0 Å². The maximum atomic E-state index is 12.8. The van der Waals surface area contributed by atoms with Gasteiger partial charge in [0, 0.05) is 6.42 Å². The Morgan fingerprint density at radius 2 is 1.02 bits per heavy atom. The fourth-order valence-electron chi connectivity index (χ4n) is 7.27. The Balaban J connectivity index is 2.09. The van der Waals surface area contributed by atoms with Gasteiger partial charge in [-0.3, -0.25) is 4.79 Å². The highest BCUT2D eigenvalue weighted by Crippen LogP contribution is 2.22. The van der Waals surface area contributed by atoms with Gasteiger partial charge in [-0.1, -0.05) is 179 Å². The Bertz CT molecular complexity index is 914. The predicted molar refractivity (Wildman–Crippen MR) is 226 cm³/mol. The second-order valence-corrected chi connectivity index (χ2v) is 16.2. The van der Waals surface area contributed by atoms with Crippen molar-refractivity contribution in [1.29, 1.82) is 0 Å². The van der Waals surface area contributed by atoms with Gasteiger partial charge < -0.3 is 40.3 Å². The number of aliphatic hydroxyl groups is 5. The van der Waals surface area contributed by atoms with Crippen LogP contribution in [0.2, 0.25) is 0 Å². The summed E-state index contributed by atoms with van der Waals surface area (Å²) in [4.78, 5) is 12.8. The summed E-state index contributed by atoms with van der Waals surface area (Å²) in [6.07, 6.45) is 37.2. The van der Waals surface area contributed by atoms with Gasteiger partial charge in [-0.05, 0) is 44.9 Å². The summed E-state index contributed by atoms with van der Waals surface area (Å²) in [7, 11) is 0. The number of rotatable bonds is 38. The molecule has 0 saturated carbocycles. The smallest absolute Gasteiger partial charge is 0.220 e. The van der Waals surface area contributed by atoms with Crippen molar-refractivity contribution in [1.82, 2.24) is 5.32 Å². The summed E-state index contributed by atoms with van der Waals surface area (Å²) in [5, 5.41) is 53.7. The van der Waals surface area contributed by atoms with Crippen molar-refractivity contribution in [2.75, 3.05) is 13.2 Å². The molecule has 6 N–H and O–H groups in total. The van der Waals surface area contributed by atoms with Crippen molar-refractivity contribution < 1.29 is 39.8 Å². The Kier molecular flexibility index (Phi) is 34.7. The maximum Gasteiger partial charge on any atom is 0.220 e. The van der Waals surface area contributed by atoms with E-state index >= 15 is 0 Å². The summed E-state index contributed by atoms with van der Waals surface area (Å²) in [5.41, 5.74) is 0. The van der Waals surface area contributed by atoms with Gasteiger partial charge in [-0.25, -0.2) is 0 Å². The molecule has 0 aromatic heterocycles. The molecule has 0 radical (unpaired) electrons. The number of hydrogen-bond donors (Lipinski definition) is 6.